The van der Waals surface area contributed by atoms with Gasteiger partial charge in [-0.3, -0.25) is 9.36 Å². The number of benzene rings is 1. The Kier molecular flexibility index (Phi) is 7.77. The number of hydrogen-bond donors (Lipinski definition) is 3. The van der Waals surface area contributed by atoms with Crippen LogP contribution in [0.15, 0.2) is 23.4 Å². The van der Waals surface area contributed by atoms with E-state index >= 15 is 0 Å². The largest absolute Gasteiger partial charge is 0.381 e. The Morgan fingerprint density at radius 2 is 1.89 bits per heavy atom. The second-order valence-corrected chi connectivity index (χ2v) is 11.6. The number of halogens is 3. The van der Waals surface area contributed by atoms with E-state index in [1.54, 1.807) is 18.3 Å². The number of ether oxygens (including phenoxy) is 1. The summed E-state index contributed by atoms with van der Waals surface area (Å²) in [5.41, 5.74) is 8.33. The average Bonchev–Trinajstić information content (AvgIpc) is 3.24. The van der Waals surface area contributed by atoms with Crippen molar-refractivity contribution < 1.29 is 9.53 Å². The number of amides is 1. The van der Waals surface area contributed by atoms with Gasteiger partial charge in [-0.15, -0.1) is 5.11 Å². The van der Waals surface area contributed by atoms with Crippen molar-refractivity contribution in [2.45, 2.75) is 58.0 Å². The second-order valence-electron chi connectivity index (χ2n) is 10.4. The van der Waals surface area contributed by atoms with Crippen molar-refractivity contribution >= 4 is 69.5 Å². The number of carbonyl (C=O) groups is 1. The molecule has 1 aliphatic carbocycles. The van der Waals surface area contributed by atoms with Crippen LogP contribution in [0, 0.1) is 16.9 Å². The number of imidazole rings is 1. The van der Waals surface area contributed by atoms with Crippen LogP contribution in [-0.2, 0) is 9.53 Å². The molecular formula is C25H29Cl3N8O2. The van der Waals surface area contributed by atoms with Crippen LogP contribution >= 0.6 is 34.8 Å². The third-order valence-corrected chi connectivity index (χ3v) is 8.49. The fourth-order valence-electron chi connectivity index (χ4n) is 5.28. The standard InChI is InChI=1S/C25H29Cl3N8O2/c1-13-12-38-8-5-18(13)31-23-30-11-19-21(34-23)36(15-3-6-25(2,7-4-15)22(37)35-29)24(32-19)33-20-16(27)9-14(26)10-17(20)28/h9-11,13,15,18,29H,3-8,12H2,1-2H3,(H,32,33)(H,30,31,34)/t13-,15-,18-,25+/m1/s1. The monoisotopic (exact) mass is 578 g/mol. The van der Waals surface area contributed by atoms with Gasteiger partial charge in [0.1, 0.15) is 5.52 Å². The van der Waals surface area contributed by atoms with Gasteiger partial charge in [-0.1, -0.05) is 48.7 Å². The topological polar surface area (TPSA) is 130 Å². The van der Waals surface area contributed by atoms with Crippen molar-refractivity contribution in [2.24, 2.45) is 16.4 Å². The molecule has 0 unspecified atom stereocenters. The van der Waals surface area contributed by atoms with E-state index in [0.29, 0.717) is 88.6 Å². The van der Waals surface area contributed by atoms with E-state index < -0.39 is 5.41 Å². The zero-order valence-corrected chi connectivity index (χ0v) is 23.4. The van der Waals surface area contributed by atoms with Gasteiger partial charge in [0, 0.05) is 23.7 Å². The van der Waals surface area contributed by atoms with Gasteiger partial charge in [0.15, 0.2) is 5.65 Å². The summed E-state index contributed by atoms with van der Waals surface area (Å²) in [5.74, 6) is 0.983. The number of nitrogens with zero attached hydrogens (tertiary/aromatic N) is 5. The van der Waals surface area contributed by atoms with Gasteiger partial charge in [-0.05, 0) is 50.2 Å². The molecule has 2 aliphatic rings. The van der Waals surface area contributed by atoms with Crippen molar-refractivity contribution in [3.05, 3.63) is 33.4 Å². The molecule has 13 heteroatoms. The highest BCUT2D eigenvalue weighted by Crippen LogP contribution is 2.44. The van der Waals surface area contributed by atoms with Crippen molar-refractivity contribution in [3.8, 4) is 0 Å². The normalized spacial score (nSPS) is 25.8. The van der Waals surface area contributed by atoms with E-state index in [9.17, 15) is 4.79 Å². The van der Waals surface area contributed by atoms with Gasteiger partial charge in [0.25, 0.3) is 5.91 Å². The number of aromatic nitrogens is 4. The Bertz CT molecular complexity index is 1350. The number of fused-ring (bicyclic) bond motifs is 1. The lowest BCUT2D eigenvalue weighted by molar-refractivity contribution is -0.129. The molecule has 0 spiro atoms. The Morgan fingerprint density at radius 3 is 2.55 bits per heavy atom. The summed E-state index contributed by atoms with van der Waals surface area (Å²) in [6.07, 6.45) is 5.13. The summed E-state index contributed by atoms with van der Waals surface area (Å²) >= 11 is 19.1. The van der Waals surface area contributed by atoms with Crippen molar-refractivity contribution in [1.82, 2.24) is 19.5 Å². The molecule has 3 aromatic rings. The third kappa shape index (κ3) is 5.32. The zero-order chi connectivity index (χ0) is 27.0. The van der Waals surface area contributed by atoms with Gasteiger partial charge in [0.2, 0.25) is 11.9 Å². The van der Waals surface area contributed by atoms with Gasteiger partial charge < -0.3 is 15.4 Å². The number of anilines is 3. The summed E-state index contributed by atoms with van der Waals surface area (Å²) < 4.78 is 7.61. The molecule has 2 atom stereocenters. The van der Waals surface area contributed by atoms with Crippen molar-refractivity contribution in [3.63, 3.8) is 0 Å². The van der Waals surface area contributed by atoms with Crippen LogP contribution in [0.25, 0.3) is 11.2 Å². The number of nitrogens with one attached hydrogen (secondary N) is 3. The molecule has 2 aromatic heterocycles. The minimum Gasteiger partial charge on any atom is -0.381 e. The molecule has 202 valence electrons. The van der Waals surface area contributed by atoms with Crippen LogP contribution in [0.4, 0.5) is 17.6 Å². The highest BCUT2D eigenvalue weighted by molar-refractivity contribution is 6.41. The minimum atomic E-state index is -0.647. The zero-order valence-electron chi connectivity index (χ0n) is 21.1. The second kappa shape index (κ2) is 10.9. The molecule has 0 bridgehead atoms. The first-order chi connectivity index (χ1) is 18.2. The molecule has 38 heavy (non-hydrogen) atoms. The fourth-order valence-corrected chi connectivity index (χ4v) is 6.19. The predicted molar refractivity (Wildman–Crippen MR) is 148 cm³/mol. The van der Waals surface area contributed by atoms with E-state index in [0.717, 1.165) is 6.42 Å². The number of hydrogen-bond acceptors (Lipinski definition) is 8. The van der Waals surface area contributed by atoms with Crippen LogP contribution in [0.1, 0.15) is 52.0 Å². The molecule has 1 saturated carbocycles. The van der Waals surface area contributed by atoms with Crippen LogP contribution < -0.4 is 10.6 Å². The first-order valence-corrected chi connectivity index (χ1v) is 13.7. The van der Waals surface area contributed by atoms with E-state index in [4.69, 9.17) is 55.0 Å². The Hall–Kier alpha value is -2.53. The van der Waals surface area contributed by atoms with Crippen LogP contribution in [0.3, 0.4) is 0 Å². The maximum atomic E-state index is 12.3. The Balaban J connectivity index is 1.53. The summed E-state index contributed by atoms with van der Waals surface area (Å²) in [5, 5.41) is 11.1. The molecule has 10 nitrogen and oxygen atoms in total. The molecular weight excluding hydrogens is 551 g/mol. The lowest BCUT2D eigenvalue weighted by Gasteiger charge is -2.35. The van der Waals surface area contributed by atoms with Gasteiger partial charge >= 0.3 is 0 Å². The first-order valence-electron chi connectivity index (χ1n) is 12.6. The smallest absolute Gasteiger partial charge is 0.269 e. The van der Waals surface area contributed by atoms with Gasteiger partial charge in [0.05, 0.1) is 34.0 Å². The fraction of sp³-hybridized carbons (Fsp3) is 0.520. The predicted octanol–water partition coefficient (Wildman–Crippen LogP) is 7.05. The first kappa shape index (κ1) is 27.1. The maximum absolute atomic E-state index is 12.3. The van der Waals surface area contributed by atoms with E-state index in [1.807, 2.05) is 11.5 Å². The summed E-state index contributed by atoms with van der Waals surface area (Å²) in [6.45, 7) is 5.41. The molecule has 1 saturated heterocycles. The average molecular weight is 580 g/mol. The third-order valence-electron chi connectivity index (χ3n) is 7.67. The van der Waals surface area contributed by atoms with E-state index in [-0.39, 0.29) is 18.0 Å². The molecule has 3 N–H and O–H groups in total. The highest BCUT2D eigenvalue weighted by Gasteiger charge is 2.39. The molecule has 2 fully saturated rings. The van der Waals surface area contributed by atoms with Crippen molar-refractivity contribution in [2.75, 3.05) is 23.8 Å². The van der Waals surface area contributed by atoms with Crippen LogP contribution in [0.5, 0.6) is 0 Å². The van der Waals surface area contributed by atoms with Gasteiger partial charge in [-0.2, -0.15) is 4.98 Å². The quantitative estimate of drug-likeness (QED) is 0.267. The van der Waals surface area contributed by atoms with Crippen molar-refractivity contribution in [1.29, 1.82) is 5.53 Å². The summed E-state index contributed by atoms with van der Waals surface area (Å²) in [4.78, 5) is 26.5. The maximum Gasteiger partial charge on any atom is 0.269 e. The van der Waals surface area contributed by atoms with E-state index in [2.05, 4.69) is 27.7 Å². The lowest BCUT2D eigenvalue weighted by Crippen LogP contribution is -2.36. The number of carbonyl (C=O) groups excluding carboxylic acids is 1. The summed E-state index contributed by atoms with van der Waals surface area (Å²) in [6, 6.07) is 3.42. The molecule has 3 heterocycles. The van der Waals surface area contributed by atoms with Crippen LogP contribution in [0.2, 0.25) is 15.1 Å². The van der Waals surface area contributed by atoms with Gasteiger partial charge in [-0.25, -0.2) is 15.5 Å². The van der Waals surface area contributed by atoms with E-state index in [1.165, 1.54) is 0 Å². The highest BCUT2D eigenvalue weighted by atomic mass is 35.5. The molecule has 1 amide bonds. The molecule has 0 radical (unpaired) electrons. The molecule has 1 aliphatic heterocycles. The Morgan fingerprint density at radius 1 is 1.18 bits per heavy atom. The lowest BCUT2D eigenvalue weighted by atomic mass is 9.73. The Labute approximate surface area is 235 Å². The van der Waals surface area contributed by atoms with Crippen LogP contribution in [-0.4, -0.2) is 44.7 Å². The number of rotatable bonds is 6. The summed E-state index contributed by atoms with van der Waals surface area (Å²) in [7, 11) is 0. The molecule has 5 rings (SSSR count). The molecule has 1 aromatic carbocycles. The minimum absolute atomic E-state index is 0.0104. The SMILES string of the molecule is C[C@@H]1COCC[C@H]1Nc1ncc2nc(Nc3c(Cl)cc(Cl)cc3Cl)n([C@H]3CC[C@@](C)(C(=O)N=N)CC3)c2n1.